The van der Waals surface area contributed by atoms with Gasteiger partial charge in [-0.25, -0.2) is 0 Å². The van der Waals surface area contributed by atoms with Crippen LogP contribution in [0.4, 0.5) is 0 Å². The van der Waals surface area contributed by atoms with Crippen molar-refractivity contribution in [3.05, 3.63) is 0 Å². The third kappa shape index (κ3) is 3.23. The predicted molar refractivity (Wildman–Crippen MR) is 59.6 cm³/mol. The molecule has 1 fully saturated rings. The van der Waals surface area contributed by atoms with Crippen molar-refractivity contribution >= 4 is 0 Å². The van der Waals surface area contributed by atoms with Gasteiger partial charge in [0.15, 0.2) is 0 Å². The minimum Gasteiger partial charge on any atom is -0.377 e. The molecule has 1 rings (SSSR count). The van der Waals surface area contributed by atoms with Gasteiger partial charge in [-0.1, -0.05) is 0 Å². The SMILES string of the molecule is CNCCC1(OC)CCCCN(C)C1. The quantitative estimate of drug-likeness (QED) is 0.735. The summed E-state index contributed by atoms with van der Waals surface area (Å²) in [6.45, 7) is 3.33. The summed E-state index contributed by atoms with van der Waals surface area (Å²) < 4.78 is 5.75. The van der Waals surface area contributed by atoms with E-state index in [4.69, 9.17) is 4.74 Å². The number of methoxy groups -OCH3 is 1. The topological polar surface area (TPSA) is 24.5 Å². The molecule has 1 saturated heterocycles. The molecule has 3 nitrogen and oxygen atoms in total. The summed E-state index contributed by atoms with van der Waals surface area (Å²) in [4.78, 5) is 2.40. The van der Waals surface area contributed by atoms with Crippen LogP contribution in [0, 0.1) is 0 Å². The Morgan fingerprint density at radius 3 is 2.86 bits per heavy atom. The highest BCUT2D eigenvalue weighted by Gasteiger charge is 2.31. The summed E-state index contributed by atoms with van der Waals surface area (Å²) in [5.41, 5.74) is 0.0915. The summed E-state index contributed by atoms with van der Waals surface area (Å²) in [6, 6.07) is 0. The van der Waals surface area contributed by atoms with Crippen molar-refractivity contribution in [1.82, 2.24) is 10.2 Å². The standard InChI is InChI=1S/C11H24N2O/c1-12-8-7-11(14-3)6-4-5-9-13(2)10-11/h12H,4-10H2,1-3H3. The van der Waals surface area contributed by atoms with Crippen LogP contribution in [0.1, 0.15) is 25.7 Å². The average Bonchev–Trinajstić information content (AvgIpc) is 2.38. The number of hydrogen-bond donors (Lipinski definition) is 1. The van der Waals surface area contributed by atoms with Gasteiger partial charge in [-0.15, -0.1) is 0 Å². The highest BCUT2D eigenvalue weighted by molar-refractivity contribution is 4.86. The van der Waals surface area contributed by atoms with E-state index in [-0.39, 0.29) is 5.60 Å². The second kappa shape index (κ2) is 5.69. The second-order valence-electron chi connectivity index (χ2n) is 4.44. The maximum absolute atomic E-state index is 5.75. The number of nitrogens with one attached hydrogen (secondary N) is 1. The molecule has 1 aliphatic heterocycles. The number of nitrogens with zero attached hydrogens (tertiary/aromatic N) is 1. The minimum atomic E-state index is 0.0915. The minimum absolute atomic E-state index is 0.0915. The Hall–Kier alpha value is -0.120. The van der Waals surface area contributed by atoms with Crippen LogP contribution in [0.15, 0.2) is 0 Å². The van der Waals surface area contributed by atoms with Crippen molar-refractivity contribution in [1.29, 1.82) is 0 Å². The largest absolute Gasteiger partial charge is 0.377 e. The lowest BCUT2D eigenvalue weighted by Gasteiger charge is -2.34. The number of likely N-dealkylation sites (N-methyl/N-ethyl adjacent to an activating group) is 1. The zero-order chi connectivity index (χ0) is 10.4. The fourth-order valence-electron chi connectivity index (χ4n) is 2.30. The van der Waals surface area contributed by atoms with Crippen molar-refractivity contribution in [2.45, 2.75) is 31.3 Å². The molecule has 0 spiro atoms. The van der Waals surface area contributed by atoms with Crippen LogP contribution in [-0.4, -0.2) is 51.3 Å². The summed E-state index contributed by atoms with van der Waals surface area (Å²) >= 11 is 0. The van der Waals surface area contributed by atoms with E-state index in [2.05, 4.69) is 17.3 Å². The Morgan fingerprint density at radius 2 is 2.21 bits per heavy atom. The molecule has 1 heterocycles. The molecule has 0 bridgehead atoms. The van der Waals surface area contributed by atoms with E-state index in [9.17, 15) is 0 Å². The summed E-state index contributed by atoms with van der Waals surface area (Å²) in [7, 11) is 6.05. The van der Waals surface area contributed by atoms with E-state index in [1.165, 1.54) is 25.8 Å². The number of likely N-dealkylation sites (tertiary alicyclic amines) is 1. The van der Waals surface area contributed by atoms with E-state index >= 15 is 0 Å². The van der Waals surface area contributed by atoms with Gasteiger partial charge in [0.2, 0.25) is 0 Å². The van der Waals surface area contributed by atoms with Gasteiger partial charge in [-0.2, -0.15) is 0 Å². The van der Waals surface area contributed by atoms with Gasteiger partial charge in [-0.05, 0) is 52.9 Å². The first kappa shape index (κ1) is 12.0. The zero-order valence-electron chi connectivity index (χ0n) is 9.81. The molecule has 0 saturated carbocycles. The third-order valence-electron chi connectivity index (χ3n) is 3.24. The molecule has 14 heavy (non-hydrogen) atoms. The predicted octanol–water partition coefficient (Wildman–Crippen LogP) is 1.10. The molecule has 1 unspecified atom stereocenters. The van der Waals surface area contributed by atoms with Gasteiger partial charge in [0.05, 0.1) is 5.60 Å². The van der Waals surface area contributed by atoms with Gasteiger partial charge in [-0.3, -0.25) is 0 Å². The Labute approximate surface area is 87.8 Å². The van der Waals surface area contributed by atoms with Crippen LogP contribution in [0.25, 0.3) is 0 Å². The molecule has 0 amide bonds. The van der Waals surface area contributed by atoms with Gasteiger partial charge in [0, 0.05) is 13.7 Å². The lowest BCUT2D eigenvalue weighted by Crippen LogP contribution is -2.43. The van der Waals surface area contributed by atoms with E-state index in [0.29, 0.717) is 0 Å². The van der Waals surface area contributed by atoms with Gasteiger partial charge in [0.25, 0.3) is 0 Å². The van der Waals surface area contributed by atoms with Crippen LogP contribution in [0.5, 0.6) is 0 Å². The van der Waals surface area contributed by atoms with E-state index < -0.39 is 0 Å². The number of ether oxygens (including phenoxy) is 1. The zero-order valence-corrected chi connectivity index (χ0v) is 9.81. The maximum Gasteiger partial charge on any atom is 0.0817 e. The van der Waals surface area contributed by atoms with Gasteiger partial charge >= 0.3 is 0 Å². The molecule has 3 heteroatoms. The van der Waals surface area contributed by atoms with Crippen molar-refractivity contribution in [2.24, 2.45) is 0 Å². The van der Waals surface area contributed by atoms with Crippen molar-refractivity contribution in [3.63, 3.8) is 0 Å². The van der Waals surface area contributed by atoms with Crippen LogP contribution in [-0.2, 0) is 4.74 Å². The summed E-state index contributed by atoms with van der Waals surface area (Å²) in [6.07, 6.45) is 4.92. The number of rotatable bonds is 4. The first-order valence-corrected chi connectivity index (χ1v) is 5.61. The summed E-state index contributed by atoms with van der Waals surface area (Å²) in [5.74, 6) is 0. The van der Waals surface area contributed by atoms with E-state index in [1.807, 2.05) is 14.2 Å². The number of hydrogen-bond acceptors (Lipinski definition) is 3. The smallest absolute Gasteiger partial charge is 0.0817 e. The van der Waals surface area contributed by atoms with Crippen molar-refractivity contribution in [2.75, 3.05) is 40.8 Å². The third-order valence-corrected chi connectivity index (χ3v) is 3.24. The Bertz CT molecular complexity index is 163. The summed E-state index contributed by atoms with van der Waals surface area (Å²) in [5, 5.41) is 3.21. The average molecular weight is 200 g/mol. The molecule has 1 N–H and O–H groups in total. The van der Waals surface area contributed by atoms with Crippen LogP contribution >= 0.6 is 0 Å². The first-order valence-electron chi connectivity index (χ1n) is 5.61. The lowest BCUT2D eigenvalue weighted by atomic mass is 9.93. The van der Waals surface area contributed by atoms with Crippen LogP contribution < -0.4 is 5.32 Å². The highest BCUT2D eigenvalue weighted by atomic mass is 16.5. The molecular formula is C11H24N2O. The molecular weight excluding hydrogens is 176 g/mol. The molecule has 0 aromatic heterocycles. The lowest BCUT2D eigenvalue weighted by molar-refractivity contribution is -0.0368. The molecule has 0 aliphatic carbocycles. The Kier molecular flexibility index (Phi) is 4.85. The normalized spacial score (nSPS) is 30.2. The fraction of sp³-hybridized carbons (Fsp3) is 1.00. The highest BCUT2D eigenvalue weighted by Crippen LogP contribution is 2.26. The molecule has 1 atom stereocenters. The molecule has 84 valence electrons. The Morgan fingerprint density at radius 1 is 1.43 bits per heavy atom. The fourth-order valence-corrected chi connectivity index (χ4v) is 2.30. The Balaban J connectivity index is 2.54. The van der Waals surface area contributed by atoms with E-state index in [0.717, 1.165) is 19.5 Å². The molecule has 0 aromatic carbocycles. The molecule has 0 aromatic rings. The van der Waals surface area contributed by atoms with Crippen LogP contribution in [0.3, 0.4) is 0 Å². The maximum atomic E-state index is 5.75. The van der Waals surface area contributed by atoms with E-state index in [1.54, 1.807) is 0 Å². The van der Waals surface area contributed by atoms with Crippen molar-refractivity contribution < 1.29 is 4.74 Å². The first-order chi connectivity index (χ1) is 6.72. The van der Waals surface area contributed by atoms with Gasteiger partial charge in [0.1, 0.15) is 0 Å². The molecule has 0 radical (unpaired) electrons. The van der Waals surface area contributed by atoms with Crippen LogP contribution in [0.2, 0.25) is 0 Å². The molecule has 1 aliphatic rings. The second-order valence-corrected chi connectivity index (χ2v) is 4.44. The monoisotopic (exact) mass is 200 g/mol. The van der Waals surface area contributed by atoms with Gasteiger partial charge < -0.3 is 15.0 Å². The van der Waals surface area contributed by atoms with Crippen molar-refractivity contribution in [3.8, 4) is 0 Å².